The van der Waals surface area contributed by atoms with Crippen molar-refractivity contribution in [3.8, 4) is 5.75 Å². The molecular weight excluding hydrogens is 278 g/mol. The van der Waals surface area contributed by atoms with E-state index in [-0.39, 0.29) is 11.5 Å². The van der Waals surface area contributed by atoms with Crippen molar-refractivity contribution in [1.82, 2.24) is 5.43 Å². The third-order valence-electron chi connectivity index (χ3n) is 2.53. The molecule has 0 bridgehead atoms. The van der Waals surface area contributed by atoms with Crippen molar-refractivity contribution < 1.29 is 14.6 Å². The van der Waals surface area contributed by atoms with Crippen LogP contribution in [0.4, 0.5) is 0 Å². The zero-order chi connectivity index (χ0) is 15.0. The second-order valence-electron chi connectivity index (χ2n) is 4.01. The van der Waals surface area contributed by atoms with E-state index in [1.807, 2.05) is 24.3 Å². The van der Waals surface area contributed by atoms with Crippen molar-refractivity contribution in [1.29, 1.82) is 0 Å². The third-order valence-corrected chi connectivity index (χ3v) is 2.62. The number of hydrogen-bond acceptors (Lipinski definition) is 4. The maximum Gasteiger partial charge on any atom is 0.303 e. The predicted molar refractivity (Wildman–Crippen MR) is 80.9 cm³/mol. The second-order valence-corrected chi connectivity index (χ2v) is 4.45. The molecule has 0 saturated heterocycles. The summed E-state index contributed by atoms with van der Waals surface area (Å²) in [5, 5.41) is 12.8. The molecule has 0 atom stereocenters. The van der Waals surface area contributed by atoms with Crippen LogP contribution in [0.3, 0.4) is 0 Å². The highest BCUT2D eigenvalue weighted by Crippen LogP contribution is 2.14. The largest absolute Gasteiger partial charge is 0.497 e. The molecule has 20 heavy (non-hydrogen) atoms. The average Bonchev–Trinajstić information content (AvgIpc) is 2.42. The number of rotatable bonds is 7. The van der Waals surface area contributed by atoms with Gasteiger partial charge in [0.2, 0.25) is 0 Å². The minimum atomic E-state index is -0.832. The number of benzene rings is 1. The van der Waals surface area contributed by atoms with E-state index in [1.54, 1.807) is 7.11 Å². The van der Waals surface area contributed by atoms with Crippen LogP contribution in [0.15, 0.2) is 29.4 Å². The number of ether oxygens (including phenoxy) is 1. The van der Waals surface area contributed by atoms with Gasteiger partial charge in [0.1, 0.15) is 5.75 Å². The number of nitrogens with two attached hydrogens (primary N) is 1. The maximum absolute atomic E-state index is 10.6. The first-order valence-electron chi connectivity index (χ1n) is 6.01. The van der Waals surface area contributed by atoms with E-state index in [2.05, 4.69) is 10.5 Å². The Morgan fingerprint density at radius 1 is 1.40 bits per heavy atom. The van der Waals surface area contributed by atoms with Gasteiger partial charge in [-0.3, -0.25) is 10.2 Å². The standard InChI is InChI=1S/C13H17N3O3S/c1-19-10-7-5-9(6-8-10)11(15-16-13(14)20)3-2-4-12(17)18/h5-8H,2-4H2,1H3,(H,17,18)(H3,14,16,20)/b15-11+. The summed E-state index contributed by atoms with van der Waals surface area (Å²) in [7, 11) is 1.59. The van der Waals surface area contributed by atoms with Crippen molar-refractivity contribution >= 4 is 29.0 Å². The summed E-state index contributed by atoms with van der Waals surface area (Å²) >= 11 is 4.70. The van der Waals surface area contributed by atoms with Crippen molar-refractivity contribution in [3.05, 3.63) is 29.8 Å². The van der Waals surface area contributed by atoms with E-state index in [0.717, 1.165) is 11.3 Å². The first kappa shape index (κ1) is 15.9. The Morgan fingerprint density at radius 3 is 2.55 bits per heavy atom. The average molecular weight is 295 g/mol. The SMILES string of the molecule is COc1ccc(/C(CCCC(=O)O)=N/NC(N)=S)cc1. The topological polar surface area (TPSA) is 96.9 Å². The van der Waals surface area contributed by atoms with Crippen LogP contribution in [0.2, 0.25) is 0 Å². The fourth-order valence-corrected chi connectivity index (χ4v) is 1.62. The first-order chi connectivity index (χ1) is 9.52. The molecule has 0 radical (unpaired) electrons. The van der Waals surface area contributed by atoms with Gasteiger partial charge >= 0.3 is 5.97 Å². The van der Waals surface area contributed by atoms with E-state index in [1.165, 1.54) is 0 Å². The van der Waals surface area contributed by atoms with Crippen LogP contribution in [0.1, 0.15) is 24.8 Å². The molecule has 0 saturated carbocycles. The molecular formula is C13H17N3O3S. The van der Waals surface area contributed by atoms with Crippen LogP contribution in [-0.4, -0.2) is 29.0 Å². The first-order valence-corrected chi connectivity index (χ1v) is 6.42. The Hall–Kier alpha value is -2.15. The van der Waals surface area contributed by atoms with Crippen LogP contribution in [-0.2, 0) is 4.79 Å². The zero-order valence-electron chi connectivity index (χ0n) is 11.1. The molecule has 0 aliphatic carbocycles. The fourth-order valence-electron chi connectivity index (χ4n) is 1.58. The molecule has 1 rings (SSSR count). The summed E-state index contributed by atoms with van der Waals surface area (Å²) < 4.78 is 5.09. The van der Waals surface area contributed by atoms with Crippen LogP contribution in [0, 0.1) is 0 Å². The number of carboxylic acids is 1. The number of hydrogen-bond donors (Lipinski definition) is 3. The highest BCUT2D eigenvalue weighted by atomic mass is 32.1. The molecule has 0 fully saturated rings. The molecule has 0 aromatic heterocycles. The quantitative estimate of drug-likeness (QED) is 0.400. The number of aliphatic carboxylic acids is 1. The molecule has 1 aromatic rings. The highest BCUT2D eigenvalue weighted by molar-refractivity contribution is 7.80. The van der Waals surface area contributed by atoms with Crippen LogP contribution >= 0.6 is 12.2 Å². The minimum Gasteiger partial charge on any atom is -0.497 e. The fraction of sp³-hybridized carbons (Fsp3) is 0.308. The summed E-state index contributed by atoms with van der Waals surface area (Å²) in [5.41, 5.74) is 9.43. The Balaban J connectivity index is 2.81. The molecule has 4 N–H and O–H groups in total. The summed E-state index contributed by atoms with van der Waals surface area (Å²) in [4.78, 5) is 10.6. The monoisotopic (exact) mass is 295 g/mol. The van der Waals surface area contributed by atoms with Gasteiger partial charge in [-0.2, -0.15) is 5.10 Å². The predicted octanol–water partition coefficient (Wildman–Crippen LogP) is 1.49. The molecule has 0 amide bonds. The highest BCUT2D eigenvalue weighted by Gasteiger charge is 2.06. The van der Waals surface area contributed by atoms with E-state index in [4.69, 9.17) is 27.8 Å². The van der Waals surface area contributed by atoms with Gasteiger partial charge in [-0.05, 0) is 54.9 Å². The summed E-state index contributed by atoms with van der Waals surface area (Å²) in [6.07, 6.45) is 1.08. The van der Waals surface area contributed by atoms with Crippen molar-refractivity contribution in [2.75, 3.05) is 7.11 Å². The van der Waals surface area contributed by atoms with Gasteiger partial charge in [0.25, 0.3) is 0 Å². The van der Waals surface area contributed by atoms with E-state index >= 15 is 0 Å². The number of nitrogens with one attached hydrogen (secondary N) is 1. The Bertz CT molecular complexity index is 500. The van der Waals surface area contributed by atoms with Crippen molar-refractivity contribution in [3.63, 3.8) is 0 Å². The number of carbonyl (C=O) groups is 1. The smallest absolute Gasteiger partial charge is 0.303 e. The van der Waals surface area contributed by atoms with Gasteiger partial charge in [0.05, 0.1) is 12.8 Å². The Labute approximate surface area is 122 Å². The van der Waals surface area contributed by atoms with Gasteiger partial charge < -0.3 is 15.6 Å². The van der Waals surface area contributed by atoms with Gasteiger partial charge in [-0.25, -0.2) is 0 Å². The lowest BCUT2D eigenvalue weighted by molar-refractivity contribution is -0.137. The van der Waals surface area contributed by atoms with Gasteiger partial charge in [-0.15, -0.1) is 0 Å². The lowest BCUT2D eigenvalue weighted by atomic mass is 10.0. The molecule has 0 aliphatic heterocycles. The van der Waals surface area contributed by atoms with E-state index in [9.17, 15) is 4.79 Å². The summed E-state index contributed by atoms with van der Waals surface area (Å²) in [5.74, 6) is -0.0951. The molecule has 0 heterocycles. The van der Waals surface area contributed by atoms with E-state index < -0.39 is 5.97 Å². The van der Waals surface area contributed by atoms with Crippen molar-refractivity contribution in [2.45, 2.75) is 19.3 Å². The molecule has 0 spiro atoms. The molecule has 7 heteroatoms. The second kappa shape index (κ2) is 8.11. The summed E-state index contributed by atoms with van der Waals surface area (Å²) in [6, 6.07) is 7.31. The Morgan fingerprint density at radius 2 is 2.05 bits per heavy atom. The maximum atomic E-state index is 10.6. The van der Waals surface area contributed by atoms with Crippen LogP contribution in [0.25, 0.3) is 0 Å². The van der Waals surface area contributed by atoms with E-state index in [0.29, 0.717) is 18.6 Å². The molecule has 0 unspecified atom stereocenters. The molecule has 108 valence electrons. The third kappa shape index (κ3) is 5.66. The number of methoxy groups -OCH3 is 1. The van der Waals surface area contributed by atoms with Crippen LogP contribution in [0.5, 0.6) is 5.75 Å². The zero-order valence-corrected chi connectivity index (χ0v) is 11.9. The van der Waals surface area contributed by atoms with Crippen LogP contribution < -0.4 is 15.9 Å². The number of nitrogens with zero attached hydrogens (tertiary/aromatic N) is 1. The molecule has 1 aromatic carbocycles. The summed E-state index contributed by atoms with van der Waals surface area (Å²) in [6.45, 7) is 0. The lowest BCUT2D eigenvalue weighted by Crippen LogP contribution is -2.25. The number of thiocarbonyl (C=S) groups is 1. The number of carboxylic acid groups (broad SMARTS) is 1. The molecule has 6 nitrogen and oxygen atoms in total. The minimum absolute atomic E-state index is 0.0641. The normalized spacial score (nSPS) is 10.9. The van der Waals surface area contributed by atoms with Gasteiger partial charge in [0.15, 0.2) is 5.11 Å². The van der Waals surface area contributed by atoms with Gasteiger partial charge in [-0.1, -0.05) is 0 Å². The van der Waals surface area contributed by atoms with Gasteiger partial charge in [0, 0.05) is 6.42 Å². The molecule has 0 aliphatic rings. The number of hydrazone groups is 1. The lowest BCUT2D eigenvalue weighted by Gasteiger charge is -2.08. The Kier molecular flexibility index (Phi) is 6.45. The van der Waals surface area contributed by atoms with Crippen molar-refractivity contribution in [2.24, 2.45) is 10.8 Å².